The lowest BCUT2D eigenvalue weighted by molar-refractivity contribution is -0.121. The zero-order chi connectivity index (χ0) is 12.5. The molecule has 0 unspecified atom stereocenters. The SMILES string of the molecule is Cc1ccc(Br)c(NC(=O)C2(N)CCCC2)c1. The first kappa shape index (κ1) is 12.6. The molecule has 92 valence electrons. The molecule has 1 aromatic rings. The normalized spacial score (nSPS) is 18.1. The van der Waals surface area contributed by atoms with Gasteiger partial charge in [0.25, 0.3) is 0 Å². The van der Waals surface area contributed by atoms with E-state index in [0.717, 1.165) is 41.4 Å². The van der Waals surface area contributed by atoms with Gasteiger partial charge in [0.1, 0.15) is 0 Å². The van der Waals surface area contributed by atoms with Crippen LogP contribution in [-0.4, -0.2) is 11.4 Å². The molecule has 1 aliphatic carbocycles. The molecule has 3 nitrogen and oxygen atoms in total. The third-order valence-corrected chi connectivity index (χ3v) is 4.01. The monoisotopic (exact) mass is 296 g/mol. The molecule has 0 atom stereocenters. The van der Waals surface area contributed by atoms with Gasteiger partial charge in [-0.1, -0.05) is 18.9 Å². The number of aryl methyl sites for hydroxylation is 1. The summed E-state index contributed by atoms with van der Waals surface area (Å²) in [6.45, 7) is 2.00. The van der Waals surface area contributed by atoms with Crippen LogP contribution in [0, 0.1) is 6.92 Å². The van der Waals surface area contributed by atoms with Gasteiger partial charge in [0, 0.05) is 4.47 Å². The molecular weight excluding hydrogens is 280 g/mol. The van der Waals surface area contributed by atoms with E-state index in [4.69, 9.17) is 5.73 Å². The Hall–Kier alpha value is -0.870. The molecule has 0 aliphatic heterocycles. The fourth-order valence-corrected chi connectivity index (χ4v) is 2.56. The fraction of sp³-hybridized carbons (Fsp3) is 0.462. The molecule has 3 N–H and O–H groups in total. The van der Waals surface area contributed by atoms with Crippen LogP contribution in [0.3, 0.4) is 0 Å². The highest BCUT2D eigenvalue weighted by Gasteiger charge is 2.37. The molecule has 0 saturated heterocycles. The van der Waals surface area contributed by atoms with Crippen molar-refractivity contribution in [2.75, 3.05) is 5.32 Å². The Kier molecular flexibility index (Phi) is 3.54. The Morgan fingerprint density at radius 2 is 2.06 bits per heavy atom. The molecule has 0 spiro atoms. The second-order valence-corrected chi connectivity index (χ2v) is 5.66. The zero-order valence-electron chi connectivity index (χ0n) is 9.92. The van der Waals surface area contributed by atoms with Gasteiger partial charge in [0.15, 0.2) is 0 Å². The Morgan fingerprint density at radius 1 is 1.41 bits per heavy atom. The zero-order valence-corrected chi connectivity index (χ0v) is 11.5. The minimum Gasteiger partial charge on any atom is -0.323 e. The van der Waals surface area contributed by atoms with E-state index in [1.807, 2.05) is 25.1 Å². The van der Waals surface area contributed by atoms with E-state index in [1.54, 1.807) is 0 Å². The Morgan fingerprint density at radius 3 is 2.71 bits per heavy atom. The van der Waals surface area contributed by atoms with Gasteiger partial charge in [0.2, 0.25) is 5.91 Å². The number of anilines is 1. The number of carbonyl (C=O) groups excluding carboxylic acids is 1. The number of nitrogens with two attached hydrogens (primary N) is 1. The van der Waals surface area contributed by atoms with Crippen LogP contribution in [0.1, 0.15) is 31.2 Å². The number of carbonyl (C=O) groups is 1. The number of benzene rings is 1. The number of rotatable bonds is 2. The van der Waals surface area contributed by atoms with Crippen molar-refractivity contribution in [3.05, 3.63) is 28.2 Å². The van der Waals surface area contributed by atoms with Gasteiger partial charge >= 0.3 is 0 Å². The van der Waals surface area contributed by atoms with Crippen LogP contribution in [-0.2, 0) is 4.79 Å². The fourth-order valence-electron chi connectivity index (χ4n) is 2.21. The predicted octanol–water partition coefficient (Wildman–Crippen LogP) is 2.97. The number of nitrogens with one attached hydrogen (secondary N) is 1. The molecule has 0 heterocycles. The predicted molar refractivity (Wildman–Crippen MR) is 72.9 cm³/mol. The summed E-state index contributed by atoms with van der Waals surface area (Å²) in [6.07, 6.45) is 3.64. The average molecular weight is 297 g/mol. The molecule has 0 radical (unpaired) electrons. The summed E-state index contributed by atoms with van der Waals surface area (Å²) >= 11 is 3.43. The quantitative estimate of drug-likeness (QED) is 0.881. The Bertz CT molecular complexity index is 439. The molecule has 4 heteroatoms. The lowest BCUT2D eigenvalue weighted by Gasteiger charge is -2.22. The maximum absolute atomic E-state index is 12.1. The molecule has 17 heavy (non-hydrogen) atoms. The van der Waals surface area contributed by atoms with Gasteiger partial charge in [-0.3, -0.25) is 4.79 Å². The van der Waals surface area contributed by atoms with Crippen molar-refractivity contribution < 1.29 is 4.79 Å². The minimum atomic E-state index is -0.677. The molecule has 0 aromatic heterocycles. The van der Waals surface area contributed by atoms with Crippen LogP contribution >= 0.6 is 15.9 Å². The minimum absolute atomic E-state index is 0.0682. The van der Waals surface area contributed by atoms with Crippen molar-refractivity contribution in [1.29, 1.82) is 0 Å². The highest BCUT2D eigenvalue weighted by molar-refractivity contribution is 9.10. The molecular formula is C13H17BrN2O. The van der Waals surface area contributed by atoms with E-state index < -0.39 is 5.54 Å². The highest BCUT2D eigenvalue weighted by atomic mass is 79.9. The second-order valence-electron chi connectivity index (χ2n) is 4.80. The van der Waals surface area contributed by atoms with Crippen LogP contribution in [0.15, 0.2) is 22.7 Å². The van der Waals surface area contributed by atoms with Crippen LogP contribution < -0.4 is 11.1 Å². The molecule has 0 bridgehead atoms. The smallest absolute Gasteiger partial charge is 0.244 e. The van der Waals surface area contributed by atoms with Crippen LogP contribution in [0.4, 0.5) is 5.69 Å². The van der Waals surface area contributed by atoms with Crippen molar-refractivity contribution in [2.24, 2.45) is 5.73 Å². The van der Waals surface area contributed by atoms with E-state index in [0.29, 0.717) is 0 Å². The average Bonchev–Trinajstić information content (AvgIpc) is 2.72. The maximum atomic E-state index is 12.1. The van der Waals surface area contributed by atoms with Crippen molar-refractivity contribution in [2.45, 2.75) is 38.1 Å². The Labute approximate surface area is 110 Å². The van der Waals surface area contributed by atoms with Crippen molar-refractivity contribution in [1.82, 2.24) is 0 Å². The molecule has 1 aromatic carbocycles. The standard InChI is InChI=1S/C13H17BrN2O/c1-9-4-5-10(14)11(8-9)16-12(17)13(15)6-2-3-7-13/h4-5,8H,2-3,6-7,15H2,1H3,(H,16,17). The highest BCUT2D eigenvalue weighted by Crippen LogP contribution is 2.30. The lowest BCUT2D eigenvalue weighted by Crippen LogP contribution is -2.48. The number of hydrogen-bond donors (Lipinski definition) is 2. The van der Waals surface area contributed by atoms with Gasteiger partial charge < -0.3 is 11.1 Å². The largest absolute Gasteiger partial charge is 0.323 e. The van der Waals surface area contributed by atoms with E-state index in [9.17, 15) is 4.79 Å². The molecule has 1 saturated carbocycles. The summed E-state index contributed by atoms with van der Waals surface area (Å²) in [5, 5.41) is 2.92. The second kappa shape index (κ2) is 4.78. The first-order valence-electron chi connectivity index (χ1n) is 5.88. The van der Waals surface area contributed by atoms with Crippen LogP contribution in [0.5, 0.6) is 0 Å². The Balaban J connectivity index is 2.15. The topological polar surface area (TPSA) is 55.1 Å². The molecule has 1 aliphatic rings. The summed E-state index contributed by atoms with van der Waals surface area (Å²) in [4.78, 5) is 12.1. The number of halogens is 1. The molecule has 1 fully saturated rings. The number of hydrogen-bond acceptors (Lipinski definition) is 2. The number of amides is 1. The van der Waals surface area contributed by atoms with Crippen molar-refractivity contribution in [3.63, 3.8) is 0 Å². The third kappa shape index (κ3) is 2.69. The van der Waals surface area contributed by atoms with Crippen molar-refractivity contribution in [3.8, 4) is 0 Å². The first-order chi connectivity index (χ1) is 8.01. The molecule has 1 amide bonds. The van der Waals surface area contributed by atoms with Gasteiger partial charge in [-0.2, -0.15) is 0 Å². The summed E-state index contributed by atoms with van der Waals surface area (Å²) in [6, 6.07) is 5.87. The third-order valence-electron chi connectivity index (χ3n) is 3.32. The van der Waals surface area contributed by atoms with Crippen LogP contribution in [0.2, 0.25) is 0 Å². The van der Waals surface area contributed by atoms with E-state index in [1.165, 1.54) is 0 Å². The summed E-state index contributed by atoms with van der Waals surface area (Å²) in [5.74, 6) is -0.0682. The van der Waals surface area contributed by atoms with Crippen LogP contribution in [0.25, 0.3) is 0 Å². The van der Waals surface area contributed by atoms with Crippen molar-refractivity contribution >= 4 is 27.5 Å². The van der Waals surface area contributed by atoms with Gasteiger partial charge in [-0.25, -0.2) is 0 Å². The van der Waals surface area contributed by atoms with Gasteiger partial charge in [0.05, 0.1) is 11.2 Å². The summed E-state index contributed by atoms with van der Waals surface area (Å²) in [7, 11) is 0. The van der Waals surface area contributed by atoms with Gasteiger partial charge in [-0.15, -0.1) is 0 Å². The van der Waals surface area contributed by atoms with E-state index in [2.05, 4.69) is 21.2 Å². The summed E-state index contributed by atoms with van der Waals surface area (Å²) < 4.78 is 0.887. The van der Waals surface area contributed by atoms with Gasteiger partial charge in [-0.05, 0) is 53.4 Å². The van der Waals surface area contributed by atoms with E-state index >= 15 is 0 Å². The summed E-state index contributed by atoms with van der Waals surface area (Å²) in [5.41, 5.74) is 7.34. The van der Waals surface area contributed by atoms with E-state index in [-0.39, 0.29) is 5.91 Å². The maximum Gasteiger partial charge on any atom is 0.244 e. The lowest BCUT2D eigenvalue weighted by atomic mass is 9.98. The molecule has 2 rings (SSSR count). The first-order valence-corrected chi connectivity index (χ1v) is 6.67.